The smallest absolute Gasteiger partial charge is 0.160 e. The number of hydrogen-bond donors (Lipinski definition) is 0. The SMILES string of the molecule is CC1(C)c2ccccc2-c2cccc(-c3cc(-c4c5ccccc5cc5ccc6ccccc6c45)nc(-c4ccccc4)n3)c21. The molecule has 212 valence electrons. The monoisotopic (exact) mass is 574 g/mol. The highest BCUT2D eigenvalue weighted by Gasteiger charge is 2.37. The third-order valence-corrected chi connectivity index (χ3v) is 9.62. The Kier molecular flexibility index (Phi) is 5.58. The Bertz CT molecular complexity index is 2450. The number of benzene rings is 7. The Morgan fingerprint density at radius 3 is 1.98 bits per heavy atom. The quantitative estimate of drug-likeness (QED) is 0.155. The fourth-order valence-electron chi connectivity index (χ4n) is 7.60. The molecule has 0 unspecified atom stereocenters. The van der Waals surface area contributed by atoms with Crippen molar-refractivity contribution in [3.63, 3.8) is 0 Å². The Hall–Kier alpha value is -5.60. The molecule has 0 N–H and O–H groups in total. The van der Waals surface area contributed by atoms with E-state index in [1.54, 1.807) is 0 Å². The van der Waals surface area contributed by atoms with E-state index in [4.69, 9.17) is 9.97 Å². The highest BCUT2D eigenvalue weighted by molar-refractivity contribution is 6.21. The van der Waals surface area contributed by atoms with Crippen molar-refractivity contribution >= 4 is 32.3 Å². The van der Waals surface area contributed by atoms with E-state index in [2.05, 4.69) is 153 Å². The van der Waals surface area contributed by atoms with Crippen molar-refractivity contribution in [1.29, 1.82) is 0 Å². The number of hydrogen-bond acceptors (Lipinski definition) is 2. The molecule has 1 aliphatic rings. The first-order valence-corrected chi connectivity index (χ1v) is 15.6. The van der Waals surface area contributed by atoms with E-state index in [9.17, 15) is 0 Å². The number of aromatic nitrogens is 2. The van der Waals surface area contributed by atoms with Crippen LogP contribution in [0.5, 0.6) is 0 Å². The lowest BCUT2D eigenvalue weighted by Crippen LogP contribution is -2.16. The minimum Gasteiger partial charge on any atom is -0.228 e. The molecule has 45 heavy (non-hydrogen) atoms. The molecule has 0 amide bonds. The zero-order chi connectivity index (χ0) is 30.1. The Morgan fingerprint density at radius 1 is 0.467 bits per heavy atom. The van der Waals surface area contributed by atoms with Gasteiger partial charge < -0.3 is 0 Å². The van der Waals surface area contributed by atoms with E-state index in [0.29, 0.717) is 0 Å². The molecule has 0 bridgehead atoms. The van der Waals surface area contributed by atoms with Gasteiger partial charge in [0, 0.05) is 22.1 Å². The van der Waals surface area contributed by atoms with Gasteiger partial charge in [-0.1, -0.05) is 147 Å². The van der Waals surface area contributed by atoms with Gasteiger partial charge in [0.2, 0.25) is 0 Å². The predicted octanol–water partition coefficient (Wildman–Crippen LogP) is 11.2. The van der Waals surface area contributed by atoms with Gasteiger partial charge in [0.15, 0.2) is 5.82 Å². The van der Waals surface area contributed by atoms with Crippen molar-refractivity contribution in [1.82, 2.24) is 9.97 Å². The van der Waals surface area contributed by atoms with Gasteiger partial charge in [0.1, 0.15) is 0 Å². The van der Waals surface area contributed by atoms with Crippen LogP contribution in [-0.2, 0) is 5.41 Å². The van der Waals surface area contributed by atoms with E-state index in [1.165, 1.54) is 54.6 Å². The third-order valence-electron chi connectivity index (χ3n) is 9.62. The van der Waals surface area contributed by atoms with E-state index in [-0.39, 0.29) is 5.41 Å². The van der Waals surface area contributed by atoms with Gasteiger partial charge >= 0.3 is 0 Å². The van der Waals surface area contributed by atoms with Crippen LogP contribution in [0.15, 0.2) is 146 Å². The summed E-state index contributed by atoms with van der Waals surface area (Å²) in [4.78, 5) is 10.7. The van der Waals surface area contributed by atoms with Crippen molar-refractivity contribution < 1.29 is 0 Å². The maximum atomic E-state index is 5.36. The molecule has 9 rings (SSSR count). The summed E-state index contributed by atoms with van der Waals surface area (Å²) in [6.45, 7) is 4.68. The maximum Gasteiger partial charge on any atom is 0.160 e. The molecule has 2 heteroatoms. The second kappa shape index (κ2) is 9.70. The molecule has 0 spiro atoms. The van der Waals surface area contributed by atoms with Crippen LogP contribution < -0.4 is 0 Å². The van der Waals surface area contributed by atoms with Gasteiger partial charge in [-0.15, -0.1) is 0 Å². The molecule has 0 radical (unpaired) electrons. The van der Waals surface area contributed by atoms with Crippen LogP contribution in [0.4, 0.5) is 0 Å². The molecule has 0 fully saturated rings. The standard InChI is InChI=1S/C43H30N2/c1-43(2)36-22-11-10-19-33(36)34-20-12-21-35(41(34)43)37-26-38(45-42(44-37)28-14-4-3-5-15-28)40-32-18-9-7-16-29(32)25-30-24-23-27-13-6-8-17-31(27)39(30)40/h3-26H,1-2H3. The summed E-state index contributed by atoms with van der Waals surface area (Å²) in [5.74, 6) is 0.732. The fourth-order valence-corrected chi connectivity index (χ4v) is 7.60. The van der Waals surface area contributed by atoms with Crippen LogP contribution in [0.2, 0.25) is 0 Å². The second-order valence-corrected chi connectivity index (χ2v) is 12.6. The highest BCUT2D eigenvalue weighted by atomic mass is 14.9. The van der Waals surface area contributed by atoms with Crippen LogP contribution in [0.25, 0.3) is 77.3 Å². The summed E-state index contributed by atoms with van der Waals surface area (Å²) >= 11 is 0. The average molecular weight is 575 g/mol. The molecular formula is C43H30N2. The molecular weight excluding hydrogens is 544 g/mol. The summed E-state index contributed by atoms with van der Waals surface area (Å²) in [6.07, 6.45) is 0. The highest BCUT2D eigenvalue weighted by Crippen LogP contribution is 2.52. The van der Waals surface area contributed by atoms with Gasteiger partial charge in [0.25, 0.3) is 0 Å². The molecule has 2 nitrogen and oxygen atoms in total. The van der Waals surface area contributed by atoms with E-state index in [1.807, 2.05) is 6.07 Å². The Balaban J connectivity index is 1.41. The second-order valence-electron chi connectivity index (χ2n) is 12.6. The summed E-state index contributed by atoms with van der Waals surface area (Å²) in [5.41, 5.74) is 10.3. The lowest BCUT2D eigenvalue weighted by molar-refractivity contribution is 0.662. The van der Waals surface area contributed by atoms with Crippen LogP contribution in [0, 0.1) is 0 Å². The van der Waals surface area contributed by atoms with Crippen LogP contribution >= 0.6 is 0 Å². The topological polar surface area (TPSA) is 25.8 Å². The normalized spacial score (nSPS) is 13.3. The molecule has 0 saturated carbocycles. The van der Waals surface area contributed by atoms with Gasteiger partial charge in [-0.25, -0.2) is 9.97 Å². The van der Waals surface area contributed by atoms with Gasteiger partial charge in [-0.3, -0.25) is 0 Å². The Labute approximate surface area is 262 Å². The molecule has 1 aromatic heterocycles. The lowest BCUT2D eigenvalue weighted by Gasteiger charge is -2.24. The van der Waals surface area contributed by atoms with Crippen molar-refractivity contribution in [3.05, 3.63) is 157 Å². The van der Waals surface area contributed by atoms with Crippen LogP contribution in [0.1, 0.15) is 25.0 Å². The zero-order valence-corrected chi connectivity index (χ0v) is 25.3. The van der Waals surface area contributed by atoms with Gasteiger partial charge in [0.05, 0.1) is 11.4 Å². The number of fused-ring (bicyclic) bond motifs is 7. The van der Waals surface area contributed by atoms with E-state index in [0.717, 1.165) is 33.9 Å². The van der Waals surface area contributed by atoms with Crippen molar-refractivity contribution in [2.45, 2.75) is 19.3 Å². The van der Waals surface area contributed by atoms with Crippen LogP contribution in [-0.4, -0.2) is 9.97 Å². The molecule has 0 aliphatic heterocycles. The lowest BCUT2D eigenvalue weighted by atomic mass is 9.79. The summed E-state index contributed by atoms with van der Waals surface area (Å²) in [7, 11) is 0. The number of nitrogens with zero attached hydrogens (tertiary/aromatic N) is 2. The largest absolute Gasteiger partial charge is 0.228 e. The number of rotatable bonds is 3. The first-order valence-electron chi connectivity index (χ1n) is 15.6. The molecule has 7 aromatic carbocycles. The maximum absolute atomic E-state index is 5.36. The van der Waals surface area contributed by atoms with Gasteiger partial charge in [-0.2, -0.15) is 0 Å². The third kappa shape index (κ3) is 3.89. The fraction of sp³-hybridized carbons (Fsp3) is 0.0698. The Morgan fingerprint density at radius 2 is 1.11 bits per heavy atom. The van der Waals surface area contributed by atoms with E-state index < -0.39 is 0 Å². The molecule has 0 atom stereocenters. The molecule has 1 heterocycles. The zero-order valence-electron chi connectivity index (χ0n) is 25.3. The predicted molar refractivity (Wildman–Crippen MR) is 188 cm³/mol. The first-order chi connectivity index (χ1) is 22.1. The van der Waals surface area contributed by atoms with Crippen molar-refractivity contribution in [2.24, 2.45) is 0 Å². The summed E-state index contributed by atoms with van der Waals surface area (Å²) < 4.78 is 0. The van der Waals surface area contributed by atoms with Gasteiger partial charge in [-0.05, 0) is 66.7 Å². The molecule has 8 aromatic rings. The summed E-state index contributed by atoms with van der Waals surface area (Å²) in [6, 6.07) is 52.2. The summed E-state index contributed by atoms with van der Waals surface area (Å²) in [5, 5.41) is 7.28. The van der Waals surface area contributed by atoms with Crippen molar-refractivity contribution in [2.75, 3.05) is 0 Å². The minimum atomic E-state index is -0.164. The van der Waals surface area contributed by atoms with Crippen LogP contribution in [0.3, 0.4) is 0 Å². The van der Waals surface area contributed by atoms with E-state index >= 15 is 0 Å². The van der Waals surface area contributed by atoms with Crippen molar-refractivity contribution in [3.8, 4) is 45.0 Å². The molecule has 1 aliphatic carbocycles. The minimum absolute atomic E-state index is 0.164. The first kappa shape index (κ1) is 25.9. The average Bonchev–Trinajstić information content (AvgIpc) is 3.33. The molecule has 0 saturated heterocycles.